The van der Waals surface area contributed by atoms with Crippen molar-refractivity contribution < 1.29 is 14.3 Å². The van der Waals surface area contributed by atoms with Crippen LogP contribution in [0.1, 0.15) is 33.6 Å². The first-order valence-electron chi connectivity index (χ1n) is 8.25. The molecule has 0 atom stereocenters. The summed E-state index contributed by atoms with van der Waals surface area (Å²) in [5, 5.41) is 2.78. The van der Waals surface area contributed by atoms with Gasteiger partial charge in [0.15, 0.2) is 0 Å². The van der Waals surface area contributed by atoms with Crippen molar-refractivity contribution in [2.45, 2.75) is 12.8 Å². The van der Waals surface area contributed by atoms with E-state index in [9.17, 15) is 9.59 Å². The lowest BCUT2D eigenvalue weighted by atomic mass is 10.1. The molecule has 1 fully saturated rings. The number of amides is 2. The van der Waals surface area contributed by atoms with Crippen LogP contribution in [0.3, 0.4) is 0 Å². The van der Waals surface area contributed by atoms with E-state index in [1.807, 2.05) is 0 Å². The largest absolute Gasteiger partial charge is 0.477 e. The molecule has 3 rings (SSSR count). The van der Waals surface area contributed by atoms with E-state index in [-0.39, 0.29) is 11.8 Å². The van der Waals surface area contributed by atoms with E-state index in [0.717, 1.165) is 0 Å². The van der Waals surface area contributed by atoms with Crippen molar-refractivity contribution >= 4 is 17.5 Å². The molecule has 0 spiro atoms. The van der Waals surface area contributed by atoms with Gasteiger partial charge in [0.2, 0.25) is 5.88 Å². The third kappa shape index (κ3) is 4.35. The molecular formula is C19H21N3O3. The lowest BCUT2D eigenvalue weighted by Crippen LogP contribution is -2.24. The quantitative estimate of drug-likeness (QED) is 0.878. The van der Waals surface area contributed by atoms with Gasteiger partial charge in [-0.05, 0) is 37.0 Å². The number of rotatable bonds is 6. The highest BCUT2D eigenvalue weighted by molar-refractivity contribution is 6.08. The molecule has 0 aliphatic heterocycles. The molecule has 0 saturated heterocycles. The standard InChI is InChI=1S/C19H21N3O3/c1-22(2)19(24)15-5-3-4-6-16(15)21-18(23)14-9-10-17(20-11-14)25-12-13-7-8-13/h3-6,9-11,13H,7-8,12H2,1-2H3,(H,21,23). The van der Waals surface area contributed by atoms with Gasteiger partial charge in [-0.15, -0.1) is 0 Å². The molecular weight excluding hydrogens is 318 g/mol. The molecule has 0 unspecified atom stereocenters. The number of ether oxygens (including phenoxy) is 1. The van der Waals surface area contributed by atoms with Gasteiger partial charge in [-0.3, -0.25) is 9.59 Å². The summed E-state index contributed by atoms with van der Waals surface area (Å²) >= 11 is 0. The molecule has 1 aliphatic carbocycles. The van der Waals surface area contributed by atoms with Crippen LogP contribution in [0.5, 0.6) is 5.88 Å². The van der Waals surface area contributed by atoms with Gasteiger partial charge in [-0.25, -0.2) is 4.98 Å². The zero-order chi connectivity index (χ0) is 17.8. The highest BCUT2D eigenvalue weighted by Crippen LogP contribution is 2.29. The minimum atomic E-state index is -0.319. The summed E-state index contributed by atoms with van der Waals surface area (Å²) in [6, 6.07) is 10.3. The Hall–Kier alpha value is -2.89. The zero-order valence-corrected chi connectivity index (χ0v) is 14.4. The van der Waals surface area contributed by atoms with Crippen LogP contribution in [0.2, 0.25) is 0 Å². The molecule has 1 saturated carbocycles. The molecule has 1 aromatic carbocycles. The van der Waals surface area contributed by atoms with Crippen LogP contribution in [0.15, 0.2) is 42.6 Å². The second kappa shape index (κ2) is 7.34. The number of anilines is 1. The molecule has 1 N–H and O–H groups in total. The molecule has 25 heavy (non-hydrogen) atoms. The highest BCUT2D eigenvalue weighted by atomic mass is 16.5. The van der Waals surface area contributed by atoms with E-state index in [1.165, 1.54) is 23.9 Å². The van der Waals surface area contributed by atoms with E-state index < -0.39 is 0 Å². The van der Waals surface area contributed by atoms with Gasteiger partial charge in [-0.2, -0.15) is 0 Å². The first-order valence-corrected chi connectivity index (χ1v) is 8.25. The van der Waals surface area contributed by atoms with Gasteiger partial charge in [0.05, 0.1) is 23.4 Å². The maximum atomic E-state index is 12.4. The number of aromatic nitrogens is 1. The van der Waals surface area contributed by atoms with E-state index in [2.05, 4.69) is 10.3 Å². The number of benzene rings is 1. The maximum absolute atomic E-state index is 12.4. The third-order valence-electron chi connectivity index (χ3n) is 3.97. The smallest absolute Gasteiger partial charge is 0.257 e. The number of carbonyl (C=O) groups is 2. The second-order valence-electron chi connectivity index (χ2n) is 6.34. The summed E-state index contributed by atoms with van der Waals surface area (Å²) in [4.78, 5) is 30.3. The Morgan fingerprint density at radius 3 is 2.60 bits per heavy atom. The van der Waals surface area contributed by atoms with Gasteiger partial charge in [0.25, 0.3) is 11.8 Å². The fourth-order valence-electron chi connectivity index (χ4n) is 2.30. The number of nitrogens with zero attached hydrogens (tertiary/aromatic N) is 2. The number of hydrogen-bond acceptors (Lipinski definition) is 4. The summed E-state index contributed by atoms with van der Waals surface area (Å²) in [7, 11) is 3.34. The number of carbonyl (C=O) groups excluding carboxylic acids is 2. The van der Waals surface area contributed by atoms with Gasteiger partial charge in [0, 0.05) is 26.4 Å². The Bertz CT molecular complexity index is 768. The normalized spacial score (nSPS) is 13.2. The second-order valence-corrected chi connectivity index (χ2v) is 6.34. The highest BCUT2D eigenvalue weighted by Gasteiger charge is 2.22. The van der Waals surface area contributed by atoms with Crippen molar-refractivity contribution in [1.29, 1.82) is 0 Å². The Balaban J connectivity index is 1.68. The number of para-hydroxylation sites is 1. The van der Waals surface area contributed by atoms with Crippen LogP contribution in [0, 0.1) is 5.92 Å². The molecule has 2 aromatic rings. The van der Waals surface area contributed by atoms with E-state index in [0.29, 0.717) is 35.2 Å². The number of nitrogens with one attached hydrogen (secondary N) is 1. The molecule has 0 radical (unpaired) electrons. The zero-order valence-electron chi connectivity index (χ0n) is 14.4. The summed E-state index contributed by atoms with van der Waals surface area (Å²) in [5.41, 5.74) is 1.32. The van der Waals surface area contributed by atoms with E-state index in [1.54, 1.807) is 50.5 Å². The predicted octanol–water partition coefficient (Wildman–Crippen LogP) is 2.82. The van der Waals surface area contributed by atoms with Crippen LogP contribution >= 0.6 is 0 Å². The molecule has 1 aliphatic rings. The lowest BCUT2D eigenvalue weighted by Gasteiger charge is -2.14. The molecule has 2 amide bonds. The summed E-state index contributed by atoms with van der Waals surface area (Å²) in [6.45, 7) is 0.679. The average Bonchev–Trinajstić information content (AvgIpc) is 3.44. The monoisotopic (exact) mass is 339 g/mol. The van der Waals surface area contributed by atoms with Gasteiger partial charge >= 0.3 is 0 Å². The fourth-order valence-corrected chi connectivity index (χ4v) is 2.30. The first-order chi connectivity index (χ1) is 12.0. The Kier molecular flexibility index (Phi) is 4.97. The SMILES string of the molecule is CN(C)C(=O)c1ccccc1NC(=O)c1ccc(OCC2CC2)nc1. The third-order valence-corrected chi connectivity index (χ3v) is 3.97. The van der Waals surface area contributed by atoms with Crippen molar-refractivity contribution in [3.05, 3.63) is 53.7 Å². The number of hydrogen-bond donors (Lipinski definition) is 1. The van der Waals surface area contributed by atoms with Gasteiger partial charge < -0.3 is 15.0 Å². The maximum Gasteiger partial charge on any atom is 0.257 e. The molecule has 6 nitrogen and oxygen atoms in total. The van der Waals surface area contributed by atoms with Crippen LogP contribution in [0.4, 0.5) is 5.69 Å². The Morgan fingerprint density at radius 1 is 1.20 bits per heavy atom. The predicted molar refractivity (Wildman–Crippen MR) is 94.9 cm³/mol. The molecule has 0 bridgehead atoms. The minimum Gasteiger partial charge on any atom is -0.477 e. The summed E-state index contributed by atoms with van der Waals surface area (Å²) in [6.07, 6.45) is 3.91. The molecule has 1 heterocycles. The first kappa shape index (κ1) is 17.0. The van der Waals surface area contributed by atoms with Crippen molar-refractivity contribution in [3.8, 4) is 5.88 Å². The fraction of sp³-hybridized carbons (Fsp3) is 0.316. The average molecular weight is 339 g/mol. The Morgan fingerprint density at radius 2 is 1.96 bits per heavy atom. The van der Waals surface area contributed by atoms with Crippen LogP contribution in [0.25, 0.3) is 0 Å². The summed E-state index contributed by atoms with van der Waals surface area (Å²) < 4.78 is 5.57. The van der Waals surface area contributed by atoms with Gasteiger partial charge in [0.1, 0.15) is 0 Å². The Labute approximate surface area is 146 Å². The molecule has 130 valence electrons. The van der Waals surface area contributed by atoms with Gasteiger partial charge in [-0.1, -0.05) is 12.1 Å². The van der Waals surface area contributed by atoms with E-state index >= 15 is 0 Å². The van der Waals surface area contributed by atoms with Crippen molar-refractivity contribution in [2.75, 3.05) is 26.0 Å². The molecule has 6 heteroatoms. The lowest BCUT2D eigenvalue weighted by molar-refractivity contribution is 0.0828. The van der Waals surface area contributed by atoms with Crippen LogP contribution in [-0.4, -0.2) is 42.4 Å². The van der Waals surface area contributed by atoms with E-state index in [4.69, 9.17) is 4.74 Å². The summed E-state index contributed by atoms with van der Waals surface area (Å²) in [5.74, 6) is 0.681. The number of pyridine rings is 1. The van der Waals surface area contributed by atoms with Crippen LogP contribution in [-0.2, 0) is 0 Å². The minimum absolute atomic E-state index is 0.169. The molecule has 1 aromatic heterocycles. The van der Waals surface area contributed by atoms with Crippen LogP contribution < -0.4 is 10.1 Å². The van der Waals surface area contributed by atoms with Crippen molar-refractivity contribution in [2.24, 2.45) is 5.92 Å². The van der Waals surface area contributed by atoms with Crippen molar-refractivity contribution in [1.82, 2.24) is 9.88 Å². The van der Waals surface area contributed by atoms with Crippen molar-refractivity contribution in [3.63, 3.8) is 0 Å². The topological polar surface area (TPSA) is 71.5 Å².